The van der Waals surface area contributed by atoms with Crippen LogP contribution in [-0.2, 0) is 17.8 Å². The number of hydrogen-bond acceptors (Lipinski definition) is 4. The predicted molar refractivity (Wildman–Crippen MR) is 97.8 cm³/mol. The largest absolute Gasteiger partial charge is 0.341 e. The molecular formula is C20H25FN4O. The van der Waals surface area contributed by atoms with Crippen LogP contribution in [0.25, 0.3) is 0 Å². The van der Waals surface area contributed by atoms with Crippen LogP contribution in [0.3, 0.4) is 0 Å². The molecule has 0 saturated carbocycles. The number of hydrogen-bond donors (Lipinski definition) is 0. The van der Waals surface area contributed by atoms with Crippen molar-refractivity contribution >= 4 is 5.91 Å². The summed E-state index contributed by atoms with van der Waals surface area (Å²) in [6.45, 7) is 2.30. The number of likely N-dealkylation sites (N-methyl/N-ethyl adjacent to an activating group) is 1. The van der Waals surface area contributed by atoms with Gasteiger partial charge in [-0.1, -0.05) is 18.2 Å². The Morgan fingerprint density at radius 3 is 2.96 bits per heavy atom. The molecule has 1 aromatic carbocycles. The van der Waals surface area contributed by atoms with E-state index in [1.54, 1.807) is 24.7 Å². The van der Waals surface area contributed by atoms with Gasteiger partial charge in [0.2, 0.25) is 5.91 Å². The molecule has 0 radical (unpaired) electrons. The topological polar surface area (TPSA) is 49.3 Å². The third kappa shape index (κ3) is 4.85. The molecule has 0 aliphatic carbocycles. The van der Waals surface area contributed by atoms with Gasteiger partial charge in [0.15, 0.2) is 0 Å². The molecule has 1 saturated heterocycles. The zero-order chi connectivity index (χ0) is 18.4. The lowest BCUT2D eigenvalue weighted by molar-refractivity contribution is -0.133. The van der Waals surface area contributed by atoms with E-state index < -0.39 is 0 Å². The fourth-order valence-corrected chi connectivity index (χ4v) is 3.43. The van der Waals surface area contributed by atoms with Crippen LogP contribution in [0.15, 0.2) is 42.9 Å². The SMILES string of the molecule is CN(C(=O)CCc1cnccn1)[C@@H]1CCCN(Cc2ccccc2F)C1. The Hall–Kier alpha value is -2.34. The van der Waals surface area contributed by atoms with Crippen molar-refractivity contribution in [3.63, 3.8) is 0 Å². The summed E-state index contributed by atoms with van der Waals surface area (Å²) in [7, 11) is 1.87. The van der Waals surface area contributed by atoms with Gasteiger partial charge in [0.05, 0.1) is 5.69 Å². The highest BCUT2D eigenvalue weighted by atomic mass is 19.1. The van der Waals surface area contributed by atoms with Crippen molar-refractivity contribution in [3.8, 4) is 0 Å². The second-order valence-electron chi connectivity index (χ2n) is 6.82. The van der Waals surface area contributed by atoms with Crippen LogP contribution >= 0.6 is 0 Å². The summed E-state index contributed by atoms with van der Waals surface area (Å²) in [6, 6.07) is 7.07. The van der Waals surface area contributed by atoms with Crippen molar-refractivity contribution < 1.29 is 9.18 Å². The van der Waals surface area contributed by atoms with E-state index in [1.165, 1.54) is 6.07 Å². The fraction of sp³-hybridized carbons (Fsp3) is 0.450. The number of benzene rings is 1. The first-order chi connectivity index (χ1) is 12.6. The summed E-state index contributed by atoms with van der Waals surface area (Å²) in [5, 5.41) is 0. The minimum absolute atomic E-state index is 0.119. The number of likely N-dealkylation sites (tertiary alicyclic amines) is 1. The Labute approximate surface area is 153 Å². The van der Waals surface area contributed by atoms with Crippen LogP contribution in [0.5, 0.6) is 0 Å². The number of amides is 1. The van der Waals surface area contributed by atoms with Crippen molar-refractivity contribution in [2.75, 3.05) is 20.1 Å². The van der Waals surface area contributed by atoms with Gasteiger partial charge in [0.25, 0.3) is 0 Å². The molecule has 1 atom stereocenters. The molecule has 2 heterocycles. The van der Waals surface area contributed by atoms with Gasteiger partial charge in [0.1, 0.15) is 5.82 Å². The number of halogens is 1. The molecule has 0 N–H and O–H groups in total. The monoisotopic (exact) mass is 356 g/mol. The van der Waals surface area contributed by atoms with Gasteiger partial charge in [-0.05, 0) is 31.9 Å². The summed E-state index contributed by atoms with van der Waals surface area (Å²) in [4.78, 5) is 24.9. The fourth-order valence-electron chi connectivity index (χ4n) is 3.43. The number of carbonyl (C=O) groups excluding carboxylic acids is 1. The van der Waals surface area contributed by atoms with Crippen LogP contribution < -0.4 is 0 Å². The molecule has 6 heteroatoms. The van der Waals surface area contributed by atoms with Crippen molar-refractivity contribution in [1.82, 2.24) is 19.8 Å². The minimum atomic E-state index is -0.164. The average Bonchev–Trinajstić information content (AvgIpc) is 2.68. The lowest BCUT2D eigenvalue weighted by Crippen LogP contribution is -2.48. The van der Waals surface area contributed by atoms with E-state index in [1.807, 2.05) is 24.1 Å². The summed E-state index contributed by atoms with van der Waals surface area (Å²) in [6.07, 6.45) is 8.00. The van der Waals surface area contributed by atoms with Gasteiger partial charge in [-0.15, -0.1) is 0 Å². The molecule has 0 spiro atoms. The Morgan fingerprint density at radius 1 is 1.35 bits per heavy atom. The standard InChI is InChI=1S/C20H25FN4O/c1-24(20(26)9-8-17-13-22-10-11-23-17)18-6-4-12-25(15-18)14-16-5-2-3-7-19(16)21/h2-3,5,7,10-11,13,18H,4,6,8-9,12,14-15H2,1H3/t18-/m1/s1. The van der Waals surface area contributed by atoms with Crippen LogP contribution in [0, 0.1) is 5.82 Å². The molecule has 1 amide bonds. The highest BCUT2D eigenvalue weighted by molar-refractivity contribution is 5.76. The Bertz CT molecular complexity index is 725. The smallest absolute Gasteiger partial charge is 0.222 e. The maximum Gasteiger partial charge on any atom is 0.222 e. The van der Waals surface area contributed by atoms with E-state index >= 15 is 0 Å². The molecule has 5 nitrogen and oxygen atoms in total. The lowest BCUT2D eigenvalue weighted by Gasteiger charge is -2.37. The average molecular weight is 356 g/mol. The van der Waals surface area contributed by atoms with Crippen LogP contribution in [-0.4, -0.2) is 51.9 Å². The Kier molecular flexibility index (Phi) is 6.28. The number of carbonyl (C=O) groups is 1. The third-order valence-electron chi connectivity index (χ3n) is 4.99. The summed E-state index contributed by atoms with van der Waals surface area (Å²) in [5.41, 5.74) is 1.55. The molecule has 138 valence electrons. The van der Waals surface area contributed by atoms with Gasteiger partial charge in [-0.3, -0.25) is 19.7 Å². The molecule has 0 unspecified atom stereocenters. The molecule has 26 heavy (non-hydrogen) atoms. The van der Waals surface area contributed by atoms with E-state index in [4.69, 9.17) is 0 Å². The molecule has 1 aliphatic heterocycles. The van der Waals surface area contributed by atoms with Crippen molar-refractivity contribution in [3.05, 3.63) is 59.9 Å². The van der Waals surface area contributed by atoms with E-state index in [2.05, 4.69) is 14.9 Å². The van der Waals surface area contributed by atoms with Gasteiger partial charge in [-0.2, -0.15) is 0 Å². The molecule has 2 aromatic rings. The second-order valence-corrected chi connectivity index (χ2v) is 6.82. The first-order valence-corrected chi connectivity index (χ1v) is 9.10. The number of piperidine rings is 1. The van der Waals surface area contributed by atoms with Gasteiger partial charge in [-0.25, -0.2) is 4.39 Å². The van der Waals surface area contributed by atoms with Crippen molar-refractivity contribution in [2.24, 2.45) is 0 Å². The number of aryl methyl sites for hydroxylation is 1. The highest BCUT2D eigenvalue weighted by Crippen LogP contribution is 2.19. The molecule has 3 rings (SSSR count). The lowest BCUT2D eigenvalue weighted by atomic mass is 10.0. The molecule has 1 aliphatic rings. The van der Waals surface area contributed by atoms with Crippen LogP contribution in [0.4, 0.5) is 4.39 Å². The number of aromatic nitrogens is 2. The predicted octanol–water partition coefficient (Wildman–Crippen LogP) is 2.67. The number of rotatable bonds is 6. The van der Waals surface area contributed by atoms with Crippen molar-refractivity contribution in [1.29, 1.82) is 0 Å². The third-order valence-corrected chi connectivity index (χ3v) is 4.99. The van der Waals surface area contributed by atoms with Crippen LogP contribution in [0.1, 0.15) is 30.5 Å². The highest BCUT2D eigenvalue weighted by Gasteiger charge is 2.26. The van der Waals surface area contributed by atoms with E-state index in [9.17, 15) is 9.18 Å². The van der Waals surface area contributed by atoms with Gasteiger partial charge < -0.3 is 4.90 Å². The first-order valence-electron chi connectivity index (χ1n) is 9.10. The molecule has 1 fully saturated rings. The summed E-state index contributed by atoms with van der Waals surface area (Å²) < 4.78 is 13.9. The maximum atomic E-state index is 13.9. The Balaban J connectivity index is 1.53. The van der Waals surface area contributed by atoms with Gasteiger partial charge in [0, 0.05) is 56.8 Å². The Morgan fingerprint density at radius 2 is 2.19 bits per heavy atom. The molecular weight excluding hydrogens is 331 g/mol. The minimum Gasteiger partial charge on any atom is -0.341 e. The quantitative estimate of drug-likeness (QED) is 0.798. The number of nitrogens with zero attached hydrogens (tertiary/aromatic N) is 4. The molecule has 0 bridgehead atoms. The zero-order valence-electron chi connectivity index (χ0n) is 15.1. The first kappa shape index (κ1) is 18.5. The summed E-state index contributed by atoms with van der Waals surface area (Å²) >= 11 is 0. The summed E-state index contributed by atoms with van der Waals surface area (Å²) in [5.74, 6) is -0.0450. The van der Waals surface area contributed by atoms with E-state index in [0.29, 0.717) is 24.9 Å². The van der Waals surface area contributed by atoms with E-state index in [0.717, 1.165) is 31.6 Å². The molecule has 1 aromatic heterocycles. The normalized spacial score (nSPS) is 17.8. The van der Waals surface area contributed by atoms with Crippen LogP contribution in [0.2, 0.25) is 0 Å². The zero-order valence-corrected chi connectivity index (χ0v) is 15.1. The van der Waals surface area contributed by atoms with E-state index in [-0.39, 0.29) is 17.8 Å². The van der Waals surface area contributed by atoms with Gasteiger partial charge >= 0.3 is 0 Å². The van der Waals surface area contributed by atoms with Crippen molar-refractivity contribution in [2.45, 2.75) is 38.3 Å². The maximum absolute atomic E-state index is 13.9. The second kappa shape index (κ2) is 8.85.